The van der Waals surface area contributed by atoms with Crippen LogP contribution in [0.5, 0.6) is 0 Å². The summed E-state index contributed by atoms with van der Waals surface area (Å²) in [6.45, 7) is 2.44. The van der Waals surface area contributed by atoms with Crippen molar-refractivity contribution in [3.05, 3.63) is 23.8 Å². The van der Waals surface area contributed by atoms with Crippen molar-refractivity contribution in [2.75, 3.05) is 36.2 Å². The van der Waals surface area contributed by atoms with Gasteiger partial charge in [-0.25, -0.2) is 8.42 Å². The molecule has 0 heterocycles. The van der Waals surface area contributed by atoms with E-state index in [1.165, 1.54) is 6.26 Å². The molecular formula is C11H18N2O2S. The summed E-state index contributed by atoms with van der Waals surface area (Å²) in [6.07, 6.45) is 1.24. The van der Waals surface area contributed by atoms with Crippen LogP contribution in [0.25, 0.3) is 0 Å². The lowest BCUT2D eigenvalue weighted by atomic mass is 10.2. The Hall–Kier alpha value is -1.23. The molecule has 90 valence electrons. The Morgan fingerprint density at radius 1 is 1.31 bits per heavy atom. The van der Waals surface area contributed by atoms with Gasteiger partial charge in [0.25, 0.3) is 0 Å². The van der Waals surface area contributed by atoms with Crippen molar-refractivity contribution in [3.8, 4) is 0 Å². The molecule has 0 saturated carbocycles. The summed E-state index contributed by atoms with van der Waals surface area (Å²) in [5.74, 6) is 0.150. The number of anilines is 2. The van der Waals surface area contributed by atoms with Crippen LogP contribution in [0.3, 0.4) is 0 Å². The van der Waals surface area contributed by atoms with Crippen molar-refractivity contribution in [1.82, 2.24) is 0 Å². The van der Waals surface area contributed by atoms with E-state index in [1.54, 1.807) is 0 Å². The highest BCUT2D eigenvalue weighted by Crippen LogP contribution is 2.19. The Morgan fingerprint density at radius 2 is 1.94 bits per heavy atom. The van der Waals surface area contributed by atoms with Crippen LogP contribution in [0.2, 0.25) is 0 Å². The highest BCUT2D eigenvalue weighted by atomic mass is 32.2. The lowest BCUT2D eigenvalue weighted by molar-refractivity contribution is 0.601. The number of nitrogens with two attached hydrogens (primary N) is 1. The summed E-state index contributed by atoms with van der Waals surface area (Å²) in [4.78, 5) is 1.89. The summed E-state index contributed by atoms with van der Waals surface area (Å²) in [6, 6.07) is 5.71. The van der Waals surface area contributed by atoms with Gasteiger partial charge in [-0.15, -0.1) is 0 Å². The number of sulfone groups is 1. The molecule has 2 N–H and O–H groups in total. The Bertz CT molecular complexity index is 449. The maximum absolute atomic E-state index is 11.0. The summed E-state index contributed by atoms with van der Waals surface area (Å²) in [5, 5.41) is 0. The lowest BCUT2D eigenvalue weighted by Crippen LogP contribution is -2.24. The zero-order chi connectivity index (χ0) is 12.3. The third-order valence-corrected chi connectivity index (χ3v) is 3.25. The molecule has 0 bridgehead atoms. The minimum absolute atomic E-state index is 0.150. The largest absolute Gasteiger partial charge is 0.399 e. The number of nitrogen functional groups attached to an aromatic ring is 1. The Kier molecular flexibility index (Phi) is 3.80. The third-order valence-electron chi connectivity index (χ3n) is 2.32. The summed E-state index contributed by atoms with van der Waals surface area (Å²) in [5.41, 5.74) is 8.45. The molecule has 1 aromatic carbocycles. The fourth-order valence-electron chi connectivity index (χ4n) is 1.44. The van der Waals surface area contributed by atoms with Crippen molar-refractivity contribution in [1.29, 1.82) is 0 Å². The molecule has 1 rings (SSSR count). The third kappa shape index (κ3) is 4.10. The molecule has 0 radical (unpaired) electrons. The van der Waals surface area contributed by atoms with Crippen LogP contribution in [0.15, 0.2) is 18.2 Å². The van der Waals surface area contributed by atoms with Crippen molar-refractivity contribution in [3.63, 3.8) is 0 Å². The van der Waals surface area contributed by atoms with Crippen molar-refractivity contribution < 1.29 is 8.42 Å². The zero-order valence-electron chi connectivity index (χ0n) is 9.90. The van der Waals surface area contributed by atoms with E-state index in [2.05, 4.69) is 0 Å². The maximum Gasteiger partial charge on any atom is 0.149 e. The number of nitrogens with zero attached hydrogens (tertiary/aromatic N) is 1. The number of hydrogen-bond acceptors (Lipinski definition) is 4. The number of aryl methyl sites for hydroxylation is 1. The molecule has 0 amide bonds. The van der Waals surface area contributed by atoms with E-state index in [9.17, 15) is 8.42 Å². The maximum atomic E-state index is 11.0. The van der Waals surface area contributed by atoms with Gasteiger partial charge in [0.05, 0.1) is 5.75 Å². The van der Waals surface area contributed by atoms with Crippen LogP contribution in [0, 0.1) is 6.92 Å². The molecule has 0 unspecified atom stereocenters. The first-order valence-electron chi connectivity index (χ1n) is 5.04. The zero-order valence-corrected chi connectivity index (χ0v) is 10.7. The van der Waals surface area contributed by atoms with E-state index in [0.29, 0.717) is 12.2 Å². The fraction of sp³-hybridized carbons (Fsp3) is 0.455. The van der Waals surface area contributed by atoms with Crippen LogP contribution in [-0.2, 0) is 9.84 Å². The van der Waals surface area contributed by atoms with Gasteiger partial charge < -0.3 is 10.6 Å². The smallest absolute Gasteiger partial charge is 0.149 e. The van der Waals surface area contributed by atoms with Gasteiger partial charge in [0, 0.05) is 31.2 Å². The fourth-order valence-corrected chi connectivity index (χ4v) is 2.05. The minimum Gasteiger partial charge on any atom is -0.399 e. The van der Waals surface area contributed by atoms with Gasteiger partial charge >= 0.3 is 0 Å². The second-order valence-corrected chi connectivity index (χ2v) is 6.41. The average Bonchev–Trinajstić information content (AvgIpc) is 2.11. The lowest BCUT2D eigenvalue weighted by Gasteiger charge is -2.19. The van der Waals surface area contributed by atoms with Gasteiger partial charge in [-0.1, -0.05) is 0 Å². The molecule has 0 aromatic heterocycles. The summed E-state index contributed by atoms with van der Waals surface area (Å²) < 4.78 is 22.1. The first-order chi connectivity index (χ1) is 7.28. The molecule has 4 nitrogen and oxygen atoms in total. The summed E-state index contributed by atoms with van der Waals surface area (Å²) in [7, 11) is -1.06. The molecule has 0 saturated heterocycles. The number of benzene rings is 1. The summed E-state index contributed by atoms with van der Waals surface area (Å²) >= 11 is 0. The van der Waals surface area contributed by atoms with Crippen LogP contribution < -0.4 is 10.6 Å². The Labute approximate surface area is 97.0 Å². The van der Waals surface area contributed by atoms with Crippen molar-refractivity contribution in [2.45, 2.75) is 6.92 Å². The molecule has 5 heteroatoms. The predicted octanol–water partition coefficient (Wildman–Crippen LogP) is 1.06. The highest BCUT2D eigenvalue weighted by molar-refractivity contribution is 7.90. The topological polar surface area (TPSA) is 63.4 Å². The molecule has 1 aromatic rings. The molecule has 0 fully saturated rings. The molecule has 0 aliphatic heterocycles. The minimum atomic E-state index is -2.92. The second-order valence-electron chi connectivity index (χ2n) is 4.15. The van der Waals surface area contributed by atoms with Crippen LogP contribution in [-0.4, -0.2) is 34.0 Å². The quantitative estimate of drug-likeness (QED) is 0.802. The average molecular weight is 242 g/mol. The molecular weight excluding hydrogens is 224 g/mol. The first kappa shape index (κ1) is 12.8. The van der Waals surface area contributed by atoms with Gasteiger partial charge in [-0.05, 0) is 30.7 Å². The van der Waals surface area contributed by atoms with Gasteiger partial charge in [0.15, 0.2) is 0 Å². The molecule has 0 aliphatic carbocycles. The predicted molar refractivity (Wildman–Crippen MR) is 68.6 cm³/mol. The van der Waals surface area contributed by atoms with Crippen LogP contribution in [0.4, 0.5) is 11.4 Å². The van der Waals surface area contributed by atoms with Gasteiger partial charge in [-0.2, -0.15) is 0 Å². The molecule has 0 atom stereocenters. The molecule has 0 spiro atoms. The van der Waals surface area contributed by atoms with E-state index in [4.69, 9.17) is 5.73 Å². The standard InChI is InChI=1S/C11H18N2O2S/c1-9-6-10(12)8-11(7-9)13(2)4-5-16(3,14)15/h6-8H,4-5,12H2,1-3H3. The molecule has 0 aliphatic rings. The Morgan fingerprint density at radius 3 is 2.44 bits per heavy atom. The van der Waals surface area contributed by atoms with Crippen molar-refractivity contribution in [2.24, 2.45) is 0 Å². The van der Waals surface area contributed by atoms with E-state index in [-0.39, 0.29) is 5.75 Å². The van der Waals surface area contributed by atoms with Gasteiger partial charge in [-0.3, -0.25) is 0 Å². The van der Waals surface area contributed by atoms with Gasteiger partial charge in [0.1, 0.15) is 9.84 Å². The van der Waals surface area contributed by atoms with E-state index >= 15 is 0 Å². The monoisotopic (exact) mass is 242 g/mol. The highest BCUT2D eigenvalue weighted by Gasteiger charge is 2.07. The van der Waals surface area contributed by atoms with Crippen molar-refractivity contribution >= 4 is 21.2 Å². The second kappa shape index (κ2) is 4.74. The molecule has 16 heavy (non-hydrogen) atoms. The van der Waals surface area contributed by atoms with Gasteiger partial charge in [0.2, 0.25) is 0 Å². The van der Waals surface area contributed by atoms with E-state index in [1.807, 2.05) is 37.1 Å². The first-order valence-corrected chi connectivity index (χ1v) is 7.10. The van der Waals surface area contributed by atoms with E-state index in [0.717, 1.165) is 11.3 Å². The van der Waals surface area contributed by atoms with Crippen LogP contribution >= 0.6 is 0 Å². The number of hydrogen-bond donors (Lipinski definition) is 1. The number of rotatable bonds is 4. The van der Waals surface area contributed by atoms with Crippen LogP contribution in [0.1, 0.15) is 5.56 Å². The SMILES string of the molecule is Cc1cc(N)cc(N(C)CCS(C)(=O)=O)c1. The van der Waals surface area contributed by atoms with E-state index < -0.39 is 9.84 Å². The Balaban J connectivity index is 2.76. The normalized spacial score (nSPS) is 11.4.